The number of aromatic nitrogens is 2. The van der Waals surface area contributed by atoms with Crippen LogP contribution in [-0.4, -0.2) is 48.6 Å². The standard InChI is InChI=1S/C20H18O6.C6H8ClN7O.ClH/c1-3-15-17(25-9-23-15)5-11(1)19-13-7-22-20(14(13)8-21-19)12-2-4-16-18(6-12)26-10-24-16;7-2-4(9)13-3(8)1(12-2)5(15)14-6(10)11;/h1-6,13-14,19-20H,7-10H2;(H4,8,9,13)(H4,10,11,14,15);1H. The molecule has 3 aromatic rings. The van der Waals surface area contributed by atoms with Gasteiger partial charge in [-0.05, 0) is 35.4 Å². The monoisotopic (exact) mass is 619 g/mol. The van der Waals surface area contributed by atoms with Gasteiger partial charge in [-0.25, -0.2) is 9.97 Å². The van der Waals surface area contributed by atoms with Gasteiger partial charge in [0.15, 0.2) is 51.4 Å². The minimum Gasteiger partial charge on any atom is -0.454 e. The van der Waals surface area contributed by atoms with Gasteiger partial charge in [-0.15, -0.1) is 12.4 Å². The fourth-order valence-corrected chi connectivity index (χ4v) is 5.31. The van der Waals surface area contributed by atoms with Crippen molar-refractivity contribution in [2.24, 2.45) is 28.3 Å². The molecule has 2 aromatic carbocycles. The molecule has 14 nitrogen and oxygen atoms in total. The summed E-state index contributed by atoms with van der Waals surface area (Å²) in [5.41, 5.74) is 22.7. The van der Waals surface area contributed by atoms with E-state index >= 15 is 0 Å². The number of anilines is 2. The van der Waals surface area contributed by atoms with Crippen LogP contribution in [0.25, 0.3) is 0 Å². The molecule has 4 atom stereocenters. The van der Waals surface area contributed by atoms with Crippen molar-refractivity contribution in [3.8, 4) is 23.0 Å². The Hall–Kier alpha value is -4.24. The first kappa shape index (κ1) is 29.3. The van der Waals surface area contributed by atoms with Gasteiger partial charge in [0.25, 0.3) is 0 Å². The van der Waals surface area contributed by atoms with Crippen LogP contribution in [-0.2, 0) is 9.47 Å². The third-order valence-corrected chi connectivity index (χ3v) is 7.33. The molecule has 2 saturated heterocycles. The SMILES string of the molecule is Cl.NC(N)=NC(=O)c1nc(Cl)c(N)nc1N.c1cc2c(cc1C1OCC3C(c4ccc5c(c4)OCO5)OCC13)OCO2. The number of aliphatic imine (C=N–C) groups is 1. The minimum absolute atomic E-state index is 0. The van der Waals surface area contributed by atoms with Gasteiger partial charge in [-0.2, -0.15) is 4.99 Å². The second-order valence-corrected chi connectivity index (χ2v) is 9.89. The lowest BCUT2D eigenvalue weighted by Crippen LogP contribution is -2.24. The van der Waals surface area contributed by atoms with Gasteiger partial charge in [0.1, 0.15) is 0 Å². The topological polar surface area (TPSA) is 215 Å². The number of nitrogen functional groups attached to an aromatic ring is 2. The molecule has 0 spiro atoms. The molecule has 7 rings (SSSR count). The number of carbonyl (C=O) groups excluding carboxylic acids is 1. The Balaban J connectivity index is 0.000000191. The normalized spacial score (nSPS) is 22.4. The molecule has 0 bridgehead atoms. The molecule has 5 heterocycles. The van der Waals surface area contributed by atoms with Crippen molar-refractivity contribution in [2.75, 3.05) is 38.3 Å². The molecular formula is C26H27Cl2N7O7. The predicted molar refractivity (Wildman–Crippen MR) is 153 cm³/mol. The zero-order valence-electron chi connectivity index (χ0n) is 21.9. The number of carbonyl (C=O) groups is 1. The summed E-state index contributed by atoms with van der Waals surface area (Å²) in [6.45, 7) is 1.93. The van der Waals surface area contributed by atoms with Crippen molar-refractivity contribution >= 4 is 47.5 Å². The molecule has 1 aromatic heterocycles. The van der Waals surface area contributed by atoms with Gasteiger partial charge in [-0.3, -0.25) is 4.79 Å². The average Bonchev–Trinajstić information content (AvgIpc) is 3.74. The Morgan fingerprint density at radius 1 is 0.786 bits per heavy atom. The summed E-state index contributed by atoms with van der Waals surface area (Å²) in [5.74, 6) is 2.32. The van der Waals surface area contributed by atoms with Crippen LogP contribution >= 0.6 is 24.0 Å². The van der Waals surface area contributed by atoms with E-state index in [0.29, 0.717) is 25.0 Å². The van der Waals surface area contributed by atoms with Crippen molar-refractivity contribution in [3.05, 3.63) is 58.4 Å². The molecule has 0 aliphatic carbocycles. The number of amides is 1. The highest BCUT2D eigenvalue weighted by Gasteiger charge is 2.48. The summed E-state index contributed by atoms with van der Waals surface area (Å²) < 4.78 is 34.2. The second-order valence-electron chi connectivity index (χ2n) is 9.54. The molecule has 16 heteroatoms. The lowest BCUT2D eigenvalue weighted by molar-refractivity contribution is 0.0192. The van der Waals surface area contributed by atoms with Gasteiger partial charge < -0.3 is 51.4 Å². The van der Waals surface area contributed by atoms with E-state index in [-0.39, 0.29) is 60.7 Å². The quantitative estimate of drug-likeness (QED) is 0.245. The molecule has 2 fully saturated rings. The zero-order valence-corrected chi connectivity index (χ0v) is 23.5. The van der Waals surface area contributed by atoms with Crippen LogP contribution in [0.1, 0.15) is 33.8 Å². The fourth-order valence-electron chi connectivity index (χ4n) is 5.18. The number of fused-ring (bicyclic) bond motifs is 3. The molecule has 8 N–H and O–H groups in total. The Morgan fingerprint density at radius 3 is 1.79 bits per heavy atom. The van der Waals surface area contributed by atoms with Crippen LogP contribution in [0.15, 0.2) is 41.4 Å². The molecule has 42 heavy (non-hydrogen) atoms. The Morgan fingerprint density at radius 2 is 1.29 bits per heavy atom. The van der Waals surface area contributed by atoms with Crippen molar-refractivity contribution in [3.63, 3.8) is 0 Å². The summed E-state index contributed by atoms with van der Waals surface area (Å²) in [6.07, 6.45) is 0.0435. The van der Waals surface area contributed by atoms with Crippen LogP contribution in [0.3, 0.4) is 0 Å². The number of benzene rings is 2. The van der Waals surface area contributed by atoms with Crippen LogP contribution < -0.4 is 41.9 Å². The smallest absolute Gasteiger partial charge is 0.302 e. The van der Waals surface area contributed by atoms with Crippen LogP contribution in [0.4, 0.5) is 11.6 Å². The molecule has 4 aliphatic heterocycles. The number of halogens is 2. The van der Waals surface area contributed by atoms with Gasteiger partial charge in [0.2, 0.25) is 13.6 Å². The first-order valence-electron chi connectivity index (χ1n) is 12.5. The summed E-state index contributed by atoms with van der Waals surface area (Å²) >= 11 is 5.55. The van der Waals surface area contributed by atoms with Gasteiger partial charge in [0, 0.05) is 11.8 Å². The number of guanidine groups is 1. The highest BCUT2D eigenvalue weighted by Crippen LogP contribution is 2.52. The van der Waals surface area contributed by atoms with Crippen LogP contribution in [0, 0.1) is 11.8 Å². The highest BCUT2D eigenvalue weighted by atomic mass is 35.5. The van der Waals surface area contributed by atoms with Crippen molar-refractivity contribution in [2.45, 2.75) is 12.2 Å². The third kappa shape index (κ3) is 5.61. The molecule has 4 aliphatic rings. The Kier molecular flexibility index (Phi) is 8.31. The molecule has 0 radical (unpaired) electrons. The summed E-state index contributed by atoms with van der Waals surface area (Å²) in [5, 5.41) is -0.140. The molecular weight excluding hydrogens is 593 g/mol. The number of rotatable bonds is 3. The van der Waals surface area contributed by atoms with Gasteiger partial charge in [-0.1, -0.05) is 23.7 Å². The summed E-state index contributed by atoms with van der Waals surface area (Å²) in [7, 11) is 0. The van der Waals surface area contributed by atoms with E-state index in [1.54, 1.807) is 0 Å². The first-order valence-corrected chi connectivity index (χ1v) is 12.9. The number of hydrogen-bond donors (Lipinski definition) is 4. The Bertz CT molecular complexity index is 1470. The van der Waals surface area contributed by atoms with E-state index in [0.717, 1.165) is 34.1 Å². The number of hydrogen-bond acceptors (Lipinski definition) is 11. The summed E-state index contributed by atoms with van der Waals surface area (Å²) in [6, 6.07) is 12.1. The number of nitrogens with zero attached hydrogens (tertiary/aromatic N) is 3. The van der Waals surface area contributed by atoms with E-state index in [4.69, 9.17) is 63.0 Å². The van der Waals surface area contributed by atoms with Crippen molar-refractivity contribution in [1.82, 2.24) is 9.97 Å². The summed E-state index contributed by atoms with van der Waals surface area (Å²) in [4.78, 5) is 21.7. The van der Waals surface area contributed by atoms with E-state index in [9.17, 15) is 4.79 Å². The van der Waals surface area contributed by atoms with Gasteiger partial charge >= 0.3 is 5.91 Å². The molecule has 222 valence electrons. The predicted octanol–water partition coefficient (Wildman–Crippen LogP) is 2.35. The highest BCUT2D eigenvalue weighted by molar-refractivity contribution is 6.31. The van der Waals surface area contributed by atoms with Crippen molar-refractivity contribution < 1.29 is 33.2 Å². The minimum atomic E-state index is -0.832. The fraction of sp³-hybridized carbons (Fsp3) is 0.308. The van der Waals surface area contributed by atoms with E-state index in [2.05, 4.69) is 27.1 Å². The maximum Gasteiger partial charge on any atom is 0.302 e. The molecule has 0 saturated carbocycles. The maximum atomic E-state index is 11.3. The van der Waals surface area contributed by atoms with E-state index in [1.807, 2.05) is 24.3 Å². The van der Waals surface area contributed by atoms with Gasteiger partial charge in [0.05, 0.1) is 25.4 Å². The van der Waals surface area contributed by atoms with Crippen LogP contribution in [0.2, 0.25) is 5.15 Å². The third-order valence-electron chi connectivity index (χ3n) is 7.05. The zero-order chi connectivity index (χ0) is 28.7. The number of ether oxygens (including phenoxy) is 6. The van der Waals surface area contributed by atoms with E-state index < -0.39 is 11.9 Å². The lowest BCUT2D eigenvalue weighted by atomic mass is 9.85. The van der Waals surface area contributed by atoms with E-state index in [1.165, 1.54) is 0 Å². The van der Waals surface area contributed by atoms with Crippen molar-refractivity contribution in [1.29, 1.82) is 0 Å². The lowest BCUT2D eigenvalue weighted by Gasteiger charge is -2.17. The molecule has 4 unspecified atom stereocenters. The molecule has 1 amide bonds. The maximum absolute atomic E-state index is 11.3. The number of nitrogens with two attached hydrogens (primary N) is 4. The first-order chi connectivity index (χ1) is 19.8. The Labute approximate surface area is 250 Å². The average molecular weight is 620 g/mol. The largest absolute Gasteiger partial charge is 0.454 e. The second kappa shape index (κ2) is 11.9. The van der Waals surface area contributed by atoms with Crippen LogP contribution in [0.5, 0.6) is 23.0 Å².